The average molecular weight is 204 g/mol. The zero-order valence-corrected chi connectivity index (χ0v) is 7.47. The van der Waals surface area contributed by atoms with Crippen LogP contribution in [-0.2, 0) is 4.79 Å². The van der Waals surface area contributed by atoms with Gasteiger partial charge >= 0.3 is 0 Å². The van der Waals surface area contributed by atoms with E-state index >= 15 is 0 Å². The molecule has 0 saturated heterocycles. The van der Waals surface area contributed by atoms with Gasteiger partial charge in [0.25, 0.3) is 6.29 Å². The molecule has 1 atom stereocenters. The van der Waals surface area contributed by atoms with Crippen molar-refractivity contribution in [3.8, 4) is 5.75 Å². The van der Waals surface area contributed by atoms with Gasteiger partial charge in [-0.1, -0.05) is 35.3 Å². The maximum absolute atomic E-state index is 10.00. The van der Waals surface area contributed by atoms with E-state index in [0.29, 0.717) is 10.8 Å². The molecule has 1 radical (unpaired) electrons. The Morgan fingerprint density at radius 2 is 2.08 bits per heavy atom. The van der Waals surface area contributed by atoms with Crippen LogP contribution in [0.25, 0.3) is 0 Å². The van der Waals surface area contributed by atoms with E-state index in [-0.39, 0.29) is 0 Å². The molecule has 1 rings (SSSR count). The number of rotatable bonds is 3. The first-order valence-corrected chi connectivity index (χ1v) is 3.98. The van der Waals surface area contributed by atoms with Gasteiger partial charge in [-0.25, -0.2) is 0 Å². The van der Waals surface area contributed by atoms with Gasteiger partial charge in [0, 0.05) is 0 Å². The molecule has 1 aromatic rings. The monoisotopic (exact) mass is 203 g/mol. The molecule has 12 heavy (non-hydrogen) atoms. The number of alkyl halides is 1. The number of ether oxygens (including phenoxy) is 1. The number of benzene rings is 1. The molecule has 0 aliphatic heterocycles. The van der Waals surface area contributed by atoms with Crippen LogP contribution in [0, 0.1) is 0 Å². The van der Waals surface area contributed by atoms with Gasteiger partial charge in [-0.2, -0.15) is 0 Å². The summed E-state index contributed by atoms with van der Waals surface area (Å²) in [6.45, 7) is 0. The lowest BCUT2D eigenvalue weighted by molar-refractivity contribution is 0.331. The number of hydrogen-bond acceptors (Lipinski definition) is 2. The summed E-state index contributed by atoms with van der Waals surface area (Å²) >= 11 is 11.1. The number of carbonyl (C=O) groups excluding carboxylic acids is 1. The fourth-order valence-corrected chi connectivity index (χ4v) is 0.952. The summed E-state index contributed by atoms with van der Waals surface area (Å²) in [6.07, 6.45) is 1.48. The van der Waals surface area contributed by atoms with Gasteiger partial charge in [-0.15, -0.1) is 0 Å². The Morgan fingerprint density at radius 3 is 2.67 bits per heavy atom. The molecule has 1 unspecified atom stereocenters. The Bertz CT molecular complexity index is 276. The van der Waals surface area contributed by atoms with Crippen LogP contribution in [0.2, 0.25) is 5.02 Å². The lowest BCUT2D eigenvalue weighted by Gasteiger charge is -2.06. The van der Waals surface area contributed by atoms with Gasteiger partial charge in [0.1, 0.15) is 5.75 Å². The van der Waals surface area contributed by atoms with Crippen molar-refractivity contribution in [2.24, 2.45) is 0 Å². The van der Waals surface area contributed by atoms with Crippen molar-refractivity contribution in [1.82, 2.24) is 0 Å². The lowest BCUT2D eigenvalue weighted by Crippen LogP contribution is -2.09. The second-order valence-corrected chi connectivity index (χ2v) is 2.79. The molecule has 0 aliphatic carbocycles. The molecular weight excluding hydrogens is 199 g/mol. The summed E-state index contributed by atoms with van der Waals surface area (Å²) < 4.78 is 4.90. The predicted molar refractivity (Wildman–Crippen MR) is 47.4 cm³/mol. The molecule has 0 heterocycles. The van der Waals surface area contributed by atoms with Crippen molar-refractivity contribution in [3.05, 3.63) is 29.3 Å². The third-order valence-electron chi connectivity index (χ3n) is 1.16. The van der Waals surface area contributed by atoms with Crippen molar-refractivity contribution < 1.29 is 9.53 Å². The SMILES string of the molecule is O=[C]C(Cl)Oc1ccccc1Cl. The zero-order valence-electron chi connectivity index (χ0n) is 5.96. The maximum atomic E-state index is 10.00. The first kappa shape index (κ1) is 9.36. The van der Waals surface area contributed by atoms with Crippen LogP contribution in [0.1, 0.15) is 0 Å². The average Bonchev–Trinajstić information content (AvgIpc) is 2.09. The normalized spacial score (nSPS) is 12.2. The molecular formula is C8H5Cl2O2. The van der Waals surface area contributed by atoms with E-state index in [9.17, 15) is 4.79 Å². The summed E-state index contributed by atoms with van der Waals surface area (Å²) in [5.74, 6) is 0.377. The fourth-order valence-electron chi connectivity index (χ4n) is 0.676. The van der Waals surface area contributed by atoms with Crippen LogP contribution in [0.5, 0.6) is 5.75 Å². The van der Waals surface area contributed by atoms with Crippen LogP contribution in [0.15, 0.2) is 24.3 Å². The second-order valence-electron chi connectivity index (χ2n) is 1.98. The highest BCUT2D eigenvalue weighted by molar-refractivity contribution is 6.32. The molecule has 0 fully saturated rings. The maximum Gasteiger partial charge on any atom is 0.259 e. The number of halogens is 2. The van der Waals surface area contributed by atoms with E-state index in [0.717, 1.165) is 0 Å². The molecule has 63 valence electrons. The van der Waals surface area contributed by atoms with Crippen molar-refractivity contribution in [1.29, 1.82) is 0 Å². The number of para-hydroxylation sites is 1. The standard InChI is InChI=1S/C8H5Cl2O2/c9-6-3-1-2-4-7(6)12-8(10)5-11/h1-4,8H. The highest BCUT2D eigenvalue weighted by Gasteiger charge is 2.06. The molecule has 0 bridgehead atoms. The molecule has 0 N–H and O–H groups in total. The van der Waals surface area contributed by atoms with Gasteiger partial charge in [0.05, 0.1) is 5.02 Å². The topological polar surface area (TPSA) is 26.3 Å². The third-order valence-corrected chi connectivity index (χ3v) is 1.65. The molecule has 0 saturated carbocycles. The van der Waals surface area contributed by atoms with Crippen LogP contribution >= 0.6 is 23.2 Å². The van der Waals surface area contributed by atoms with Crippen LogP contribution in [0.3, 0.4) is 0 Å². The van der Waals surface area contributed by atoms with E-state index in [4.69, 9.17) is 27.9 Å². The number of hydrogen-bond donors (Lipinski definition) is 0. The van der Waals surface area contributed by atoms with Crippen LogP contribution in [-0.4, -0.2) is 11.8 Å². The van der Waals surface area contributed by atoms with Crippen molar-refractivity contribution >= 4 is 29.5 Å². The minimum Gasteiger partial charge on any atom is -0.465 e. The van der Waals surface area contributed by atoms with Crippen molar-refractivity contribution in [3.63, 3.8) is 0 Å². The first-order valence-electron chi connectivity index (χ1n) is 3.17. The largest absolute Gasteiger partial charge is 0.465 e. The van der Waals surface area contributed by atoms with Gasteiger partial charge in [-0.05, 0) is 12.1 Å². The van der Waals surface area contributed by atoms with E-state index in [2.05, 4.69) is 0 Å². The molecule has 0 aromatic heterocycles. The minimum atomic E-state index is -1.11. The quantitative estimate of drug-likeness (QED) is 0.706. The Labute approximate surface area is 80.0 Å². The summed E-state index contributed by atoms with van der Waals surface area (Å²) in [6, 6.07) is 6.75. The minimum absolute atomic E-state index is 0.377. The van der Waals surface area contributed by atoms with Crippen LogP contribution in [0.4, 0.5) is 0 Å². The van der Waals surface area contributed by atoms with Crippen molar-refractivity contribution in [2.75, 3.05) is 0 Å². The fraction of sp³-hybridized carbons (Fsp3) is 0.125. The van der Waals surface area contributed by atoms with E-state index in [1.165, 1.54) is 6.29 Å². The first-order chi connectivity index (χ1) is 5.74. The van der Waals surface area contributed by atoms with Crippen molar-refractivity contribution in [2.45, 2.75) is 5.56 Å². The summed E-state index contributed by atoms with van der Waals surface area (Å²) in [4.78, 5) is 10.00. The molecule has 0 amide bonds. The third kappa shape index (κ3) is 2.40. The van der Waals surface area contributed by atoms with Gasteiger partial charge in [-0.3, -0.25) is 4.79 Å². The molecule has 0 spiro atoms. The zero-order chi connectivity index (χ0) is 8.97. The second kappa shape index (κ2) is 4.33. The van der Waals surface area contributed by atoms with Gasteiger partial charge in [0.15, 0.2) is 0 Å². The van der Waals surface area contributed by atoms with Crippen LogP contribution < -0.4 is 4.74 Å². The Hall–Kier alpha value is -0.730. The van der Waals surface area contributed by atoms with E-state index < -0.39 is 5.56 Å². The molecule has 1 aromatic carbocycles. The highest BCUT2D eigenvalue weighted by atomic mass is 35.5. The Balaban J connectivity index is 2.75. The van der Waals surface area contributed by atoms with Gasteiger partial charge in [0.2, 0.25) is 5.56 Å². The van der Waals surface area contributed by atoms with E-state index in [1.54, 1.807) is 24.3 Å². The Kier molecular flexibility index (Phi) is 3.38. The summed E-state index contributed by atoms with van der Waals surface area (Å²) in [5.41, 5.74) is -1.11. The molecule has 2 nitrogen and oxygen atoms in total. The predicted octanol–water partition coefficient (Wildman–Crippen LogP) is 2.39. The summed E-state index contributed by atoms with van der Waals surface area (Å²) in [7, 11) is 0. The smallest absolute Gasteiger partial charge is 0.259 e. The lowest BCUT2D eigenvalue weighted by atomic mass is 10.3. The van der Waals surface area contributed by atoms with E-state index in [1.807, 2.05) is 0 Å². The molecule has 0 aliphatic rings. The molecule has 4 heteroatoms. The van der Waals surface area contributed by atoms with Gasteiger partial charge < -0.3 is 4.74 Å². The highest BCUT2D eigenvalue weighted by Crippen LogP contribution is 2.24. The Morgan fingerprint density at radius 1 is 1.42 bits per heavy atom. The summed E-state index contributed by atoms with van der Waals surface area (Å²) in [5, 5.41) is 0.415.